The van der Waals surface area contributed by atoms with Gasteiger partial charge >= 0.3 is 0 Å². The van der Waals surface area contributed by atoms with Crippen LogP contribution in [0.1, 0.15) is 51.9 Å². The SMILES string of the molecule is CCOC1CC(NC(=O)C2CC3CCCCC3N2)C1. The Morgan fingerprint density at radius 3 is 2.79 bits per heavy atom. The van der Waals surface area contributed by atoms with Gasteiger partial charge in [0.05, 0.1) is 12.1 Å². The lowest BCUT2D eigenvalue weighted by molar-refractivity contribution is -0.125. The highest BCUT2D eigenvalue weighted by Gasteiger charge is 2.39. The number of fused-ring (bicyclic) bond motifs is 1. The Morgan fingerprint density at radius 1 is 1.26 bits per heavy atom. The molecule has 4 nitrogen and oxygen atoms in total. The van der Waals surface area contributed by atoms with Crippen LogP contribution in [0.15, 0.2) is 0 Å². The van der Waals surface area contributed by atoms with E-state index in [2.05, 4.69) is 10.6 Å². The van der Waals surface area contributed by atoms with Crippen molar-refractivity contribution in [2.24, 2.45) is 5.92 Å². The molecule has 1 saturated heterocycles. The van der Waals surface area contributed by atoms with E-state index in [0.717, 1.165) is 31.8 Å². The van der Waals surface area contributed by atoms with Gasteiger partial charge in [0.2, 0.25) is 5.91 Å². The van der Waals surface area contributed by atoms with E-state index in [4.69, 9.17) is 4.74 Å². The van der Waals surface area contributed by atoms with E-state index in [9.17, 15) is 4.79 Å². The highest BCUT2D eigenvalue weighted by Crippen LogP contribution is 2.33. The van der Waals surface area contributed by atoms with Crippen LogP contribution in [0.4, 0.5) is 0 Å². The fourth-order valence-electron chi connectivity index (χ4n) is 3.88. The Hall–Kier alpha value is -0.610. The van der Waals surface area contributed by atoms with Gasteiger partial charge in [-0.2, -0.15) is 0 Å². The average molecular weight is 266 g/mol. The molecule has 0 aromatic rings. The quantitative estimate of drug-likeness (QED) is 0.812. The molecule has 4 heteroatoms. The zero-order valence-electron chi connectivity index (χ0n) is 11.9. The summed E-state index contributed by atoms with van der Waals surface area (Å²) in [5.74, 6) is 0.955. The number of carbonyl (C=O) groups is 1. The van der Waals surface area contributed by atoms with Gasteiger partial charge in [0.15, 0.2) is 0 Å². The predicted molar refractivity (Wildman–Crippen MR) is 73.9 cm³/mol. The molecule has 3 fully saturated rings. The minimum Gasteiger partial charge on any atom is -0.378 e. The maximum absolute atomic E-state index is 12.2. The molecule has 0 spiro atoms. The van der Waals surface area contributed by atoms with Crippen LogP contribution in [0, 0.1) is 5.92 Å². The third kappa shape index (κ3) is 2.95. The molecule has 0 aromatic heterocycles. The molecule has 3 aliphatic rings. The summed E-state index contributed by atoms with van der Waals surface area (Å²) in [7, 11) is 0. The average Bonchev–Trinajstić information content (AvgIpc) is 2.80. The second-order valence-electron chi connectivity index (χ2n) is 6.36. The number of nitrogens with one attached hydrogen (secondary N) is 2. The smallest absolute Gasteiger partial charge is 0.237 e. The number of hydrogen-bond acceptors (Lipinski definition) is 3. The van der Waals surface area contributed by atoms with E-state index in [0.29, 0.717) is 18.2 Å². The normalized spacial score (nSPS) is 41.4. The Kier molecular flexibility index (Phi) is 4.08. The molecular weight excluding hydrogens is 240 g/mol. The van der Waals surface area contributed by atoms with Crippen molar-refractivity contribution in [2.75, 3.05) is 6.61 Å². The van der Waals surface area contributed by atoms with Gasteiger partial charge < -0.3 is 15.4 Å². The maximum atomic E-state index is 12.2. The number of hydrogen-bond donors (Lipinski definition) is 2. The van der Waals surface area contributed by atoms with Crippen molar-refractivity contribution < 1.29 is 9.53 Å². The van der Waals surface area contributed by atoms with Crippen molar-refractivity contribution in [1.82, 2.24) is 10.6 Å². The maximum Gasteiger partial charge on any atom is 0.237 e. The molecule has 0 aromatic carbocycles. The molecular formula is C15H26N2O2. The van der Waals surface area contributed by atoms with Crippen molar-refractivity contribution >= 4 is 5.91 Å². The molecule has 1 heterocycles. The highest BCUT2D eigenvalue weighted by molar-refractivity contribution is 5.82. The standard InChI is InChI=1S/C15H26N2O2/c1-2-19-12-8-11(9-12)16-15(18)14-7-10-5-3-4-6-13(10)17-14/h10-14,17H,2-9H2,1H3,(H,16,18). The van der Waals surface area contributed by atoms with Crippen molar-refractivity contribution in [1.29, 1.82) is 0 Å². The third-order valence-corrected chi connectivity index (χ3v) is 5.02. The molecule has 108 valence electrons. The molecule has 3 unspecified atom stereocenters. The minimum absolute atomic E-state index is 0.0549. The van der Waals surface area contributed by atoms with Gasteiger partial charge in [-0.3, -0.25) is 4.79 Å². The van der Waals surface area contributed by atoms with Crippen LogP contribution in [-0.4, -0.2) is 36.7 Å². The Morgan fingerprint density at radius 2 is 2.05 bits per heavy atom. The fraction of sp³-hybridized carbons (Fsp3) is 0.933. The second kappa shape index (κ2) is 5.80. The summed E-state index contributed by atoms with van der Waals surface area (Å²) in [6, 6.07) is 0.995. The molecule has 2 N–H and O–H groups in total. The Balaban J connectivity index is 1.42. The monoisotopic (exact) mass is 266 g/mol. The third-order valence-electron chi connectivity index (χ3n) is 5.02. The van der Waals surface area contributed by atoms with E-state index in [1.54, 1.807) is 0 Å². The van der Waals surface area contributed by atoms with E-state index in [1.165, 1.54) is 25.7 Å². The van der Waals surface area contributed by atoms with Gasteiger partial charge in [0, 0.05) is 18.7 Å². The minimum atomic E-state index is 0.0549. The number of carbonyl (C=O) groups excluding carboxylic acids is 1. The number of amides is 1. The van der Waals surface area contributed by atoms with Gasteiger partial charge in [-0.15, -0.1) is 0 Å². The second-order valence-corrected chi connectivity index (χ2v) is 6.36. The summed E-state index contributed by atoms with van der Waals surface area (Å²) in [4.78, 5) is 12.2. The summed E-state index contributed by atoms with van der Waals surface area (Å²) < 4.78 is 5.53. The molecule has 3 atom stereocenters. The van der Waals surface area contributed by atoms with Crippen LogP contribution in [0.5, 0.6) is 0 Å². The predicted octanol–water partition coefficient (Wildman–Crippen LogP) is 1.59. The first-order chi connectivity index (χ1) is 9.26. The molecule has 2 aliphatic carbocycles. The van der Waals surface area contributed by atoms with Gasteiger partial charge in [-0.1, -0.05) is 12.8 Å². The summed E-state index contributed by atoms with van der Waals surface area (Å²) in [6.07, 6.45) is 8.60. The zero-order chi connectivity index (χ0) is 13.2. The van der Waals surface area contributed by atoms with E-state index < -0.39 is 0 Å². The molecule has 1 aliphatic heterocycles. The molecule has 19 heavy (non-hydrogen) atoms. The Bertz CT molecular complexity index is 314. The van der Waals surface area contributed by atoms with E-state index in [1.807, 2.05) is 6.92 Å². The van der Waals surface area contributed by atoms with Gasteiger partial charge in [0.1, 0.15) is 0 Å². The molecule has 0 radical (unpaired) electrons. The molecule has 0 bridgehead atoms. The highest BCUT2D eigenvalue weighted by atomic mass is 16.5. The molecule has 2 saturated carbocycles. The van der Waals surface area contributed by atoms with Crippen LogP contribution in [0.3, 0.4) is 0 Å². The van der Waals surface area contributed by atoms with Gasteiger partial charge in [0.25, 0.3) is 0 Å². The van der Waals surface area contributed by atoms with Crippen molar-refractivity contribution in [3.8, 4) is 0 Å². The summed E-state index contributed by atoms with van der Waals surface area (Å²) >= 11 is 0. The van der Waals surface area contributed by atoms with Gasteiger partial charge in [-0.05, 0) is 44.9 Å². The van der Waals surface area contributed by atoms with Crippen molar-refractivity contribution in [2.45, 2.75) is 76.1 Å². The molecule has 1 amide bonds. The van der Waals surface area contributed by atoms with Crippen LogP contribution < -0.4 is 10.6 Å². The zero-order valence-corrected chi connectivity index (χ0v) is 11.9. The lowest BCUT2D eigenvalue weighted by Crippen LogP contribution is -2.52. The topological polar surface area (TPSA) is 50.4 Å². The van der Waals surface area contributed by atoms with E-state index >= 15 is 0 Å². The van der Waals surface area contributed by atoms with Gasteiger partial charge in [-0.25, -0.2) is 0 Å². The van der Waals surface area contributed by atoms with E-state index in [-0.39, 0.29) is 11.9 Å². The number of rotatable bonds is 4. The number of ether oxygens (including phenoxy) is 1. The first-order valence-corrected chi connectivity index (χ1v) is 7.94. The summed E-state index contributed by atoms with van der Waals surface area (Å²) in [5.41, 5.74) is 0. The lowest BCUT2D eigenvalue weighted by atomic mass is 9.85. The van der Waals surface area contributed by atoms with Crippen molar-refractivity contribution in [3.63, 3.8) is 0 Å². The van der Waals surface area contributed by atoms with Crippen LogP contribution in [0.25, 0.3) is 0 Å². The first kappa shape index (κ1) is 13.4. The Labute approximate surface area is 115 Å². The largest absolute Gasteiger partial charge is 0.378 e. The van der Waals surface area contributed by atoms with Crippen LogP contribution in [-0.2, 0) is 9.53 Å². The lowest BCUT2D eigenvalue weighted by Gasteiger charge is -2.36. The fourth-order valence-corrected chi connectivity index (χ4v) is 3.88. The molecule has 3 rings (SSSR count). The first-order valence-electron chi connectivity index (χ1n) is 7.94. The van der Waals surface area contributed by atoms with Crippen LogP contribution in [0.2, 0.25) is 0 Å². The summed E-state index contributed by atoms with van der Waals surface area (Å²) in [5, 5.41) is 6.71. The van der Waals surface area contributed by atoms with Crippen molar-refractivity contribution in [3.05, 3.63) is 0 Å². The van der Waals surface area contributed by atoms with Crippen LogP contribution >= 0.6 is 0 Å². The summed E-state index contributed by atoms with van der Waals surface area (Å²) in [6.45, 7) is 2.80.